The topological polar surface area (TPSA) is 46.3 Å². The average Bonchev–Trinajstić information content (AvgIpc) is 2.73. The van der Waals surface area contributed by atoms with Crippen molar-refractivity contribution in [3.63, 3.8) is 0 Å². The van der Waals surface area contributed by atoms with Crippen LogP contribution in [-0.4, -0.2) is 16.7 Å². The van der Waals surface area contributed by atoms with Crippen molar-refractivity contribution in [2.45, 2.75) is 19.8 Å². The predicted molar refractivity (Wildman–Crippen MR) is 58.6 cm³/mol. The number of aromatic nitrogens is 1. The van der Waals surface area contributed by atoms with Crippen molar-refractivity contribution in [1.82, 2.24) is 4.98 Å². The Morgan fingerprint density at radius 3 is 3.07 bits per heavy atom. The molecule has 0 radical (unpaired) electrons. The summed E-state index contributed by atoms with van der Waals surface area (Å²) in [5.41, 5.74) is 2.90. The number of aliphatic hydroxyl groups excluding tert-OH is 1. The maximum atomic E-state index is 9.12. The maximum Gasteiger partial charge on any atom is 0.181 e. The number of hydrogen-bond acceptors (Lipinski definition) is 3. The van der Waals surface area contributed by atoms with Gasteiger partial charge in [-0.15, -0.1) is 0 Å². The van der Waals surface area contributed by atoms with E-state index in [9.17, 15) is 0 Å². The highest BCUT2D eigenvalue weighted by molar-refractivity contribution is 5.72. The van der Waals surface area contributed by atoms with Crippen LogP contribution in [0.4, 0.5) is 0 Å². The molecule has 2 rings (SSSR count). The quantitative estimate of drug-likeness (QED) is 0.833. The van der Waals surface area contributed by atoms with E-state index in [1.54, 1.807) is 0 Å². The van der Waals surface area contributed by atoms with Crippen LogP contribution in [-0.2, 0) is 6.42 Å². The molecule has 0 bridgehead atoms. The minimum Gasteiger partial charge on any atom is -0.443 e. The minimum absolute atomic E-state index is 0.241. The van der Waals surface area contributed by atoms with Gasteiger partial charge in [-0.05, 0) is 30.0 Å². The van der Waals surface area contributed by atoms with Crippen LogP contribution in [0, 0.1) is 5.92 Å². The van der Waals surface area contributed by atoms with E-state index in [0.717, 1.165) is 23.9 Å². The second kappa shape index (κ2) is 4.45. The van der Waals surface area contributed by atoms with Crippen LogP contribution in [0.25, 0.3) is 11.1 Å². The molecule has 15 heavy (non-hydrogen) atoms. The molecule has 0 aliphatic carbocycles. The van der Waals surface area contributed by atoms with E-state index < -0.39 is 0 Å². The Kier molecular flexibility index (Phi) is 3.02. The summed E-state index contributed by atoms with van der Waals surface area (Å²) in [7, 11) is 0. The average molecular weight is 205 g/mol. The number of aliphatic hydroxyl groups is 1. The third kappa shape index (κ3) is 2.18. The number of rotatable bonds is 4. The Labute approximate surface area is 88.7 Å². The lowest BCUT2D eigenvalue weighted by molar-refractivity contribution is 0.222. The summed E-state index contributed by atoms with van der Waals surface area (Å²) in [6.07, 6.45) is 3.34. The summed E-state index contributed by atoms with van der Waals surface area (Å²) in [6.45, 7) is 2.33. The van der Waals surface area contributed by atoms with Gasteiger partial charge in [0.15, 0.2) is 12.0 Å². The van der Waals surface area contributed by atoms with E-state index in [1.807, 2.05) is 18.2 Å². The van der Waals surface area contributed by atoms with Crippen LogP contribution in [0.2, 0.25) is 0 Å². The van der Waals surface area contributed by atoms with Gasteiger partial charge in [0.25, 0.3) is 0 Å². The summed E-state index contributed by atoms with van der Waals surface area (Å²) >= 11 is 0. The Morgan fingerprint density at radius 2 is 2.33 bits per heavy atom. The van der Waals surface area contributed by atoms with Crippen LogP contribution < -0.4 is 0 Å². The van der Waals surface area contributed by atoms with Crippen molar-refractivity contribution in [3.8, 4) is 0 Å². The van der Waals surface area contributed by atoms with Gasteiger partial charge in [-0.3, -0.25) is 0 Å². The van der Waals surface area contributed by atoms with Crippen LogP contribution >= 0.6 is 0 Å². The smallest absolute Gasteiger partial charge is 0.181 e. The molecule has 0 aliphatic heterocycles. The molecule has 1 atom stereocenters. The molecule has 0 saturated heterocycles. The summed E-state index contributed by atoms with van der Waals surface area (Å²) in [5.74, 6) is 0.338. The predicted octanol–water partition coefficient (Wildman–Crippen LogP) is 2.39. The molecular formula is C12H15NO2. The lowest BCUT2D eigenvalue weighted by Gasteiger charge is -2.10. The van der Waals surface area contributed by atoms with Gasteiger partial charge in [0.1, 0.15) is 5.52 Å². The summed E-state index contributed by atoms with van der Waals surface area (Å²) in [4.78, 5) is 4.06. The molecule has 80 valence electrons. The molecule has 0 spiro atoms. The summed E-state index contributed by atoms with van der Waals surface area (Å²) in [5, 5.41) is 9.12. The summed E-state index contributed by atoms with van der Waals surface area (Å²) in [6, 6.07) is 6.00. The standard InChI is InChI=1S/C12H15NO2/c1-2-9(7-14)5-10-3-4-11-12(6-10)15-8-13-11/h3-4,6,8-9,14H,2,5,7H2,1H3. The number of nitrogens with zero attached hydrogens (tertiary/aromatic N) is 1. The molecule has 0 amide bonds. The third-order valence-corrected chi connectivity index (χ3v) is 2.76. The maximum absolute atomic E-state index is 9.12. The van der Waals surface area contributed by atoms with E-state index in [-0.39, 0.29) is 6.61 Å². The van der Waals surface area contributed by atoms with Gasteiger partial charge in [-0.2, -0.15) is 0 Å². The zero-order valence-corrected chi connectivity index (χ0v) is 8.81. The first-order valence-electron chi connectivity index (χ1n) is 5.26. The first-order valence-corrected chi connectivity index (χ1v) is 5.26. The van der Waals surface area contributed by atoms with Crippen LogP contribution in [0.3, 0.4) is 0 Å². The van der Waals surface area contributed by atoms with Gasteiger partial charge in [-0.25, -0.2) is 4.98 Å². The third-order valence-electron chi connectivity index (χ3n) is 2.76. The van der Waals surface area contributed by atoms with Crippen molar-refractivity contribution in [3.05, 3.63) is 30.2 Å². The van der Waals surface area contributed by atoms with Crippen molar-refractivity contribution >= 4 is 11.1 Å². The zero-order valence-electron chi connectivity index (χ0n) is 8.81. The van der Waals surface area contributed by atoms with E-state index in [4.69, 9.17) is 9.52 Å². The Bertz CT molecular complexity index is 432. The lowest BCUT2D eigenvalue weighted by Crippen LogP contribution is -2.07. The highest BCUT2D eigenvalue weighted by atomic mass is 16.3. The number of hydrogen-bond donors (Lipinski definition) is 1. The molecule has 2 aromatic rings. The first kappa shape index (κ1) is 10.2. The van der Waals surface area contributed by atoms with Gasteiger partial charge in [-0.1, -0.05) is 19.4 Å². The molecule has 3 heteroatoms. The number of fused-ring (bicyclic) bond motifs is 1. The van der Waals surface area contributed by atoms with Crippen LogP contribution in [0.15, 0.2) is 29.0 Å². The second-order valence-electron chi connectivity index (χ2n) is 3.82. The molecule has 0 fully saturated rings. The monoisotopic (exact) mass is 205 g/mol. The lowest BCUT2D eigenvalue weighted by atomic mass is 9.98. The van der Waals surface area contributed by atoms with Crippen molar-refractivity contribution in [1.29, 1.82) is 0 Å². The van der Waals surface area contributed by atoms with Gasteiger partial charge >= 0.3 is 0 Å². The van der Waals surface area contributed by atoms with Crippen molar-refractivity contribution in [2.24, 2.45) is 5.92 Å². The highest BCUT2D eigenvalue weighted by Crippen LogP contribution is 2.17. The Morgan fingerprint density at radius 1 is 1.47 bits per heavy atom. The SMILES string of the molecule is CCC(CO)Cc1ccc2ncoc2c1. The second-order valence-corrected chi connectivity index (χ2v) is 3.82. The van der Waals surface area contributed by atoms with E-state index >= 15 is 0 Å². The fourth-order valence-corrected chi connectivity index (χ4v) is 1.70. The van der Waals surface area contributed by atoms with E-state index in [0.29, 0.717) is 5.92 Å². The number of oxazole rings is 1. The van der Waals surface area contributed by atoms with Gasteiger partial charge in [0, 0.05) is 6.61 Å². The molecule has 3 nitrogen and oxygen atoms in total. The molecule has 1 heterocycles. The molecule has 0 aliphatic rings. The van der Waals surface area contributed by atoms with E-state index in [2.05, 4.69) is 11.9 Å². The molecule has 1 N–H and O–H groups in total. The first-order chi connectivity index (χ1) is 7.33. The molecule has 1 aromatic heterocycles. The van der Waals surface area contributed by atoms with Crippen LogP contribution in [0.5, 0.6) is 0 Å². The molecular weight excluding hydrogens is 190 g/mol. The number of benzene rings is 1. The Balaban J connectivity index is 2.20. The molecule has 0 saturated carbocycles. The van der Waals surface area contributed by atoms with Gasteiger partial charge in [0.05, 0.1) is 0 Å². The normalized spacial score (nSPS) is 13.2. The van der Waals surface area contributed by atoms with Crippen molar-refractivity contribution in [2.75, 3.05) is 6.61 Å². The minimum atomic E-state index is 0.241. The fourth-order valence-electron chi connectivity index (χ4n) is 1.70. The van der Waals surface area contributed by atoms with Crippen molar-refractivity contribution < 1.29 is 9.52 Å². The fraction of sp³-hybridized carbons (Fsp3) is 0.417. The molecule has 1 unspecified atom stereocenters. The van der Waals surface area contributed by atoms with Crippen LogP contribution in [0.1, 0.15) is 18.9 Å². The zero-order chi connectivity index (χ0) is 10.7. The highest BCUT2D eigenvalue weighted by Gasteiger charge is 2.07. The molecule has 1 aromatic carbocycles. The largest absolute Gasteiger partial charge is 0.443 e. The summed E-state index contributed by atoms with van der Waals surface area (Å²) < 4.78 is 5.23. The Hall–Kier alpha value is -1.35. The van der Waals surface area contributed by atoms with E-state index in [1.165, 1.54) is 12.0 Å². The van der Waals surface area contributed by atoms with Gasteiger partial charge < -0.3 is 9.52 Å². The van der Waals surface area contributed by atoms with Gasteiger partial charge in [0.2, 0.25) is 0 Å².